The maximum atomic E-state index is 12.0. The minimum atomic E-state index is -0.856. The maximum absolute atomic E-state index is 12.0. The molecule has 0 bridgehead atoms. The first-order valence-corrected chi connectivity index (χ1v) is 6.28. The molecule has 1 saturated heterocycles. The molecule has 0 aromatic carbocycles. The largest absolute Gasteiger partial charge is 0.274 e. The number of nitrogens with zero attached hydrogens (tertiary/aromatic N) is 2. The van der Waals surface area contributed by atoms with Gasteiger partial charge in [0.2, 0.25) is 11.8 Å². The molecule has 2 amide bonds. The molecule has 92 valence electrons. The molecule has 2 rings (SSSR count). The third-order valence-electron chi connectivity index (χ3n) is 4.11. The zero-order valence-electron chi connectivity index (χ0n) is 10.4. The molecule has 0 spiro atoms. The fourth-order valence-electron chi connectivity index (χ4n) is 2.86. The van der Waals surface area contributed by atoms with Crippen LogP contribution < -0.4 is 0 Å². The quantitative estimate of drug-likeness (QED) is 0.650. The van der Waals surface area contributed by atoms with Crippen LogP contribution in [0.1, 0.15) is 46.0 Å². The Morgan fingerprint density at radius 2 is 1.88 bits per heavy atom. The van der Waals surface area contributed by atoms with Gasteiger partial charge in [-0.15, -0.1) is 0 Å². The van der Waals surface area contributed by atoms with E-state index in [1.165, 1.54) is 4.90 Å². The number of amides is 2. The van der Waals surface area contributed by atoms with E-state index in [0.29, 0.717) is 18.8 Å². The monoisotopic (exact) mass is 234 g/mol. The molecule has 4 heteroatoms. The van der Waals surface area contributed by atoms with Crippen molar-refractivity contribution < 1.29 is 9.59 Å². The average Bonchev–Trinajstić information content (AvgIpc) is 2.56. The Morgan fingerprint density at radius 1 is 1.29 bits per heavy atom. The predicted molar refractivity (Wildman–Crippen MR) is 61.6 cm³/mol. The lowest BCUT2D eigenvalue weighted by molar-refractivity contribution is -0.145. The van der Waals surface area contributed by atoms with Gasteiger partial charge in [-0.3, -0.25) is 14.5 Å². The highest BCUT2D eigenvalue weighted by Crippen LogP contribution is 2.39. The van der Waals surface area contributed by atoms with E-state index in [9.17, 15) is 14.9 Å². The van der Waals surface area contributed by atoms with Gasteiger partial charge in [-0.1, -0.05) is 13.8 Å². The molecule has 1 aliphatic heterocycles. The summed E-state index contributed by atoms with van der Waals surface area (Å²) < 4.78 is 0. The van der Waals surface area contributed by atoms with Crippen molar-refractivity contribution in [3.63, 3.8) is 0 Å². The molecule has 0 N–H and O–H groups in total. The van der Waals surface area contributed by atoms with Crippen LogP contribution in [0.2, 0.25) is 0 Å². The van der Waals surface area contributed by atoms with Crippen molar-refractivity contribution in [2.75, 3.05) is 0 Å². The Labute approximate surface area is 102 Å². The fraction of sp³-hybridized carbons (Fsp3) is 0.769. The minimum Gasteiger partial charge on any atom is -0.274 e. The third-order valence-corrected chi connectivity index (χ3v) is 4.11. The van der Waals surface area contributed by atoms with Gasteiger partial charge in [0.25, 0.3) is 0 Å². The highest BCUT2D eigenvalue weighted by atomic mass is 16.2. The van der Waals surface area contributed by atoms with E-state index in [1.807, 2.05) is 0 Å². The van der Waals surface area contributed by atoms with Crippen LogP contribution >= 0.6 is 0 Å². The molecule has 1 heterocycles. The first-order valence-electron chi connectivity index (χ1n) is 6.28. The van der Waals surface area contributed by atoms with Gasteiger partial charge in [-0.25, -0.2) is 0 Å². The van der Waals surface area contributed by atoms with Gasteiger partial charge in [0.1, 0.15) is 5.54 Å². The molecular formula is C13H18N2O2. The Bertz CT molecular complexity index is 389. The number of carbonyl (C=O) groups is 2. The average molecular weight is 234 g/mol. The molecule has 0 aromatic rings. The van der Waals surface area contributed by atoms with E-state index in [4.69, 9.17) is 0 Å². The smallest absolute Gasteiger partial charge is 0.233 e. The topological polar surface area (TPSA) is 61.2 Å². The lowest BCUT2D eigenvalue weighted by atomic mass is 9.77. The summed E-state index contributed by atoms with van der Waals surface area (Å²) >= 11 is 0. The van der Waals surface area contributed by atoms with Gasteiger partial charge >= 0.3 is 0 Å². The Hall–Kier alpha value is -1.37. The van der Waals surface area contributed by atoms with Crippen LogP contribution in [0.3, 0.4) is 0 Å². The minimum absolute atomic E-state index is 0.161. The van der Waals surface area contributed by atoms with Crippen LogP contribution in [0.5, 0.6) is 0 Å². The highest BCUT2D eigenvalue weighted by Gasteiger charge is 2.50. The van der Waals surface area contributed by atoms with E-state index >= 15 is 0 Å². The SMILES string of the molecule is CC1CCC(C#N)(N2C(=O)CC(C)C2=O)CC1. The number of imide groups is 1. The van der Waals surface area contributed by atoms with Gasteiger partial charge in [0.05, 0.1) is 6.07 Å². The summed E-state index contributed by atoms with van der Waals surface area (Å²) in [7, 11) is 0. The highest BCUT2D eigenvalue weighted by molar-refractivity contribution is 6.04. The zero-order valence-corrected chi connectivity index (χ0v) is 10.4. The van der Waals surface area contributed by atoms with Crippen LogP contribution in [0.15, 0.2) is 0 Å². The van der Waals surface area contributed by atoms with E-state index < -0.39 is 5.54 Å². The van der Waals surface area contributed by atoms with Crippen molar-refractivity contribution in [3.8, 4) is 6.07 Å². The van der Waals surface area contributed by atoms with Crippen molar-refractivity contribution in [3.05, 3.63) is 0 Å². The summed E-state index contributed by atoms with van der Waals surface area (Å²) in [4.78, 5) is 25.2. The summed E-state index contributed by atoms with van der Waals surface area (Å²) in [6, 6.07) is 2.25. The second-order valence-corrected chi connectivity index (χ2v) is 5.50. The Balaban J connectivity index is 2.28. The van der Waals surface area contributed by atoms with E-state index in [0.717, 1.165) is 12.8 Å². The predicted octanol–water partition coefficient (Wildman–Crippen LogP) is 1.85. The third kappa shape index (κ3) is 1.84. The van der Waals surface area contributed by atoms with Crippen LogP contribution in [0.4, 0.5) is 0 Å². The van der Waals surface area contributed by atoms with Gasteiger partial charge in [0, 0.05) is 12.3 Å². The van der Waals surface area contributed by atoms with Crippen LogP contribution in [0, 0.1) is 23.2 Å². The Kier molecular flexibility index (Phi) is 2.94. The molecule has 1 unspecified atom stereocenters. The van der Waals surface area contributed by atoms with Gasteiger partial charge in [-0.2, -0.15) is 5.26 Å². The molecule has 1 saturated carbocycles. The van der Waals surface area contributed by atoms with Crippen molar-refractivity contribution in [2.45, 2.75) is 51.5 Å². The first-order chi connectivity index (χ1) is 8.00. The fourth-order valence-corrected chi connectivity index (χ4v) is 2.86. The van der Waals surface area contributed by atoms with Gasteiger partial charge < -0.3 is 0 Å². The first kappa shape index (κ1) is 12.1. The van der Waals surface area contributed by atoms with E-state index in [2.05, 4.69) is 13.0 Å². The van der Waals surface area contributed by atoms with E-state index in [1.54, 1.807) is 6.92 Å². The van der Waals surface area contributed by atoms with E-state index in [-0.39, 0.29) is 24.2 Å². The van der Waals surface area contributed by atoms with Crippen molar-refractivity contribution >= 4 is 11.8 Å². The lowest BCUT2D eigenvalue weighted by Gasteiger charge is -2.39. The van der Waals surface area contributed by atoms with Gasteiger partial charge in [-0.05, 0) is 31.6 Å². The van der Waals surface area contributed by atoms with Crippen LogP contribution in [-0.4, -0.2) is 22.3 Å². The second-order valence-electron chi connectivity index (χ2n) is 5.50. The number of hydrogen-bond acceptors (Lipinski definition) is 3. The van der Waals surface area contributed by atoms with Crippen LogP contribution in [0.25, 0.3) is 0 Å². The molecule has 2 fully saturated rings. The molecule has 0 radical (unpaired) electrons. The second kappa shape index (κ2) is 4.14. The zero-order chi connectivity index (χ0) is 12.6. The number of likely N-dealkylation sites (tertiary alicyclic amines) is 1. The number of hydrogen-bond donors (Lipinski definition) is 0. The summed E-state index contributed by atoms with van der Waals surface area (Å²) in [6.45, 7) is 3.91. The van der Waals surface area contributed by atoms with Crippen LogP contribution in [-0.2, 0) is 9.59 Å². The molecule has 17 heavy (non-hydrogen) atoms. The normalized spacial score (nSPS) is 38.3. The summed E-state index contributed by atoms with van der Waals surface area (Å²) in [5.74, 6) is -0.00140. The number of rotatable bonds is 1. The summed E-state index contributed by atoms with van der Waals surface area (Å²) in [5, 5.41) is 9.41. The molecule has 4 nitrogen and oxygen atoms in total. The maximum Gasteiger partial charge on any atom is 0.233 e. The number of nitriles is 1. The molecule has 2 aliphatic rings. The Morgan fingerprint density at radius 3 is 2.29 bits per heavy atom. The summed E-state index contributed by atoms with van der Waals surface area (Å²) in [5.41, 5.74) is -0.856. The van der Waals surface area contributed by atoms with Crippen molar-refractivity contribution in [1.29, 1.82) is 5.26 Å². The lowest BCUT2D eigenvalue weighted by Crippen LogP contribution is -2.52. The van der Waals surface area contributed by atoms with Crippen molar-refractivity contribution in [2.24, 2.45) is 11.8 Å². The van der Waals surface area contributed by atoms with Crippen molar-refractivity contribution in [1.82, 2.24) is 4.90 Å². The molecule has 1 atom stereocenters. The number of carbonyl (C=O) groups excluding carboxylic acids is 2. The van der Waals surface area contributed by atoms with Gasteiger partial charge in [0.15, 0.2) is 0 Å². The molecule has 0 aromatic heterocycles. The molecule has 1 aliphatic carbocycles. The molecular weight excluding hydrogens is 216 g/mol. The summed E-state index contributed by atoms with van der Waals surface area (Å²) in [6.07, 6.45) is 3.36. The standard InChI is InChI=1S/C13H18N2O2/c1-9-3-5-13(8-14,6-4-9)15-11(16)7-10(2)12(15)17/h9-10H,3-7H2,1-2H3.